The van der Waals surface area contributed by atoms with E-state index in [4.69, 9.17) is 4.42 Å². The summed E-state index contributed by atoms with van der Waals surface area (Å²) in [7, 11) is 0. The monoisotopic (exact) mass is 336 g/mol. The van der Waals surface area contributed by atoms with Crippen LogP contribution in [0.4, 0.5) is 0 Å². The van der Waals surface area contributed by atoms with E-state index in [2.05, 4.69) is 15.5 Å². The van der Waals surface area contributed by atoms with Crippen LogP contribution in [0.2, 0.25) is 0 Å². The third kappa shape index (κ3) is 2.77. The molecule has 1 fully saturated rings. The van der Waals surface area contributed by atoms with E-state index in [1.54, 1.807) is 0 Å². The van der Waals surface area contributed by atoms with Crippen molar-refractivity contribution in [3.63, 3.8) is 0 Å². The van der Waals surface area contributed by atoms with Crippen LogP contribution in [0.15, 0.2) is 16.5 Å². The zero-order valence-electron chi connectivity index (χ0n) is 13.1. The first-order chi connectivity index (χ1) is 10.7. The quantitative estimate of drug-likeness (QED) is 0.883. The molecular formula is C16H21ClN4O2. The predicted octanol–water partition coefficient (Wildman–Crippen LogP) is 2.36. The molecule has 0 saturated carbocycles. The molecule has 0 aromatic carbocycles. The van der Waals surface area contributed by atoms with Gasteiger partial charge in [-0.25, -0.2) is 0 Å². The summed E-state index contributed by atoms with van der Waals surface area (Å²) in [4.78, 5) is 14.9. The van der Waals surface area contributed by atoms with Crippen LogP contribution in [-0.4, -0.2) is 34.1 Å². The minimum Gasteiger partial charge on any atom is -0.464 e. The van der Waals surface area contributed by atoms with Gasteiger partial charge in [0.1, 0.15) is 11.5 Å². The van der Waals surface area contributed by atoms with E-state index in [9.17, 15) is 4.79 Å². The Bertz CT molecular complexity index is 709. The number of carbonyl (C=O) groups excluding carboxylic acids is 1. The van der Waals surface area contributed by atoms with Gasteiger partial charge in [0.2, 0.25) is 0 Å². The summed E-state index contributed by atoms with van der Waals surface area (Å²) in [5, 5.41) is 10.6. The lowest BCUT2D eigenvalue weighted by Gasteiger charge is -2.23. The first kappa shape index (κ1) is 16.1. The SMILES string of the molecule is Cc1ccc(C2CCCN2C(=O)c2n[nH]c3c2CNCC3)o1.Cl. The second kappa shape index (κ2) is 6.37. The van der Waals surface area contributed by atoms with Gasteiger partial charge in [0.05, 0.1) is 6.04 Å². The Labute approximate surface area is 141 Å². The van der Waals surface area contributed by atoms with Crippen molar-refractivity contribution < 1.29 is 9.21 Å². The van der Waals surface area contributed by atoms with Crippen molar-refractivity contribution >= 4 is 18.3 Å². The number of carbonyl (C=O) groups is 1. The van der Waals surface area contributed by atoms with Gasteiger partial charge in [-0.1, -0.05) is 0 Å². The van der Waals surface area contributed by atoms with E-state index in [0.29, 0.717) is 12.2 Å². The molecule has 1 unspecified atom stereocenters. The Morgan fingerprint density at radius 2 is 2.30 bits per heavy atom. The van der Waals surface area contributed by atoms with Crippen LogP contribution in [0, 0.1) is 6.92 Å². The molecule has 1 amide bonds. The van der Waals surface area contributed by atoms with Crippen LogP contribution in [0.5, 0.6) is 0 Å². The number of H-pyrrole nitrogens is 1. The van der Waals surface area contributed by atoms with E-state index in [1.165, 1.54) is 0 Å². The number of hydrogen-bond donors (Lipinski definition) is 2. The van der Waals surface area contributed by atoms with Gasteiger partial charge in [-0.15, -0.1) is 12.4 Å². The minimum absolute atomic E-state index is 0. The Kier molecular flexibility index (Phi) is 4.46. The molecule has 0 spiro atoms. The summed E-state index contributed by atoms with van der Waals surface area (Å²) in [5.41, 5.74) is 2.68. The maximum Gasteiger partial charge on any atom is 0.275 e. The molecule has 2 aliphatic rings. The van der Waals surface area contributed by atoms with Gasteiger partial charge in [0.15, 0.2) is 5.69 Å². The van der Waals surface area contributed by atoms with E-state index in [1.807, 2.05) is 24.0 Å². The fourth-order valence-electron chi connectivity index (χ4n) is 3.48. The van der Waals surface area contributed by atoms with Crippen LogP contribution in [0.3, 0.4) is 0 Å². The molecule has 0 aliphatic carbocycles. The smallest absolute Gasteiger partial charge is 0.275 e. The molecule has 6 nitrogen and oxygen atoms in total. The number of aryl methyl sites for hydroxylation is 1. The summed E-state index contributed by atoms with van der Waals surface area (Å²) in [5.74, 6) is 1.78. The number of nitrogens with zero attached hydrogens (tertiary/aromatic N) is 2. The normalized spacial score (nSPS) is 20.2. The molecule has 4 heterocycles. The van der Waals surface area contributed by atoms with E-state index in [0.717, 1.165) is 55.1 Å². The molecule has 1 atom stereocenters. The largest absolute Gasteiger partial charge is 0.464 e. The lowest BCUT2D eigenvalue weighted by molar-refractivity contribution is 0.0711. The van der Waals surface area contributed by atoms with Crippen molar-refractivity contribution in [2.75, 3.05) is 13.1 Å². The highest BCUT2D eigenvalue weighted by Gasteiger charge is 2.35. The van der Waals surface area contributed by atoms with E-state index < -0.39 is 0 Å². The van der Waals surface area contributed by atoms with E-state index in [-0.39, 0.29) is 24.4 Å². The number of furan rings is 1. The highest BCUT2D eigenvalue weighted by Crippen LogP contribution is 2.34. The lowest BCUT2D eigenvalue weighted by Crippen LogP contribution is -2.32. The molecule has 2 aromatic rings. The third-order valence-corrected chi connectivity index (χ3v) is 4.61. The molecule has 0 radical (unpaired) electrons. The fraction of sp³-hybridized carbons (Fsp3) is 0.500. The standard InChI is InChI=1S/C16H20N4O2.ClH/c1-10-4-5-14(22-10)13-3-2-8-20(13)16(21)15-11-9-17-7-6-12(11)18-19-15;/h4-5,13,17H,2-3,6-9H2,1H3,(H,18,19);1H. The average molecular weight is 337 g/mol. The van der Waals surface area contributed by atoms with Crippen molar-refractivity contribution in [2.24, 2.45) is 0 Å². The summed E-state index contributed by atoms with van der Waals surface area (Å²) in [6.45, 7) is 4.34. The van der Waals surface area contributed by atoms with Crippen molar-refractivity contribution in [1.29, 1.82) is 0 Å². The number of halogens is 1. The van der Waals surface area contributed by atoms with Gasteiger partial charge in [-0.05, 0) is 31.9 Å². The number of aromatic amines is 1. The van der Waals surface area contributed by atoms with Gasteiger partial charge in [-0.3, -0.25) is 9.89 Å². The molecule has 2 aliphatic heterocycles. The number of amides is 1. The van der Waals surface area contributed by atoms with Crippen molar-refractivity contribution in [3.8, 4) is 0 Å². The highest BCUT2D eigenvalue weighted by molar-refractivity contribution is 5.94. The van der Waals surface area contributed by atoms with Gasteiger partial charge >= 0.3 is 0 Å². The van der Waals surface area contributed by atoms with Crippen LogP contribution in [0.1, 0.15) is 52.1 Å². The Hall–Kier alpha value is -1.79. The maximum atomic E-state index is 12.9. The summed E-state index contributed by atoms with van der Waals surface area (Å²) < 4.78 is 5.74. The number of rotatable bonds is 2. The first-order valence-electron chi connectivity index (χ1n) is 7.88. The molecule has 23 heavy (non-hydrogen) atoms. The third-order valence-electron chi connectivity index (χ3n) is 4.61. The molecule has 7 heteroatoms. The minimum atomic E-state index is 0. The maximum absolute atomic E-state index is 12.9. The summed E-state index contributed by atoms with van der Waals surface area (Å²) in [6, 6.07) is 3.97. The van der Waals surface area contributed by atoms with Crippen molar-refractivity contribution in [1.82, 2.24) is 20.4 Å². The zero-order valence-corrected chi connectivity index (χ0v) is 13.9. The molecule has 2 aromatic heterocycles. The number of fused-ring (bicyclic) bond motifs is 1. The Morgan fingerprint density at radius 1 is 1.43 bits per heavy atom. The van der Waals surface area contributed by atoms with Crippen LogP contribution >= 0.6 is 12.4 Å². The number of likely N-dealkylation sites (tertiary alicyclic amines) is 1. The Balaban J connectivity index is 0.00000156. The zero-order chi connectivity index (χ0) is 15.1. The lowest BCUT2D eigenvalue weighted by atomic mass is 10.1. The highest BCUT2D eigenvalue weighted by atomic mass is 35.5. The molecule has 1 saturated heterocycles. The summed E-state index contributed by atoms with van der Waals surface area (Å²) >= 11 is 0. The van der Waals surface area contributed by atoms with Crippen LogP contribution < -0.4 is 5.32 Å². The molecule has 4 rings (SSSR count). The fourth-order valence-corrected chi connectivity index (χ4v) is 3.48. The number of nitrogens with one attached hydrogen (secondary N) is 2. The second-order valence-electron chi connectivity index (χ2n) is 6.06. The van der Waals surface area contributed by atoms with Gasteiger partial charge in [0, 0.05) is 37.3 Å². The molecular weight excluding hydrogens is 316 g/mol. The Morgan fingerprint density at radius 3 is 3.09 bits per heavy atom. The molecule has 124 valence electrons. The number of aromatic nitrogens is 2. The summed E-state index contributed by atoms with van der Waals surface area (Å²) in [6.07, 6.45) is 2.85. The molecule has 2 N–H and O–H groups in total. The van der Waals surface area contributed by atoms with E-state index >= 15 is 0 Å². The molecule has 0 bridgehead atoms. The van der Waals surface area contributed by atoms with Gasteiger partial charge in [0.25, 0.3) is 5.91 Å². The van der Waals surface area contributed by atoms with Crippen LogP contribution in [-0.2, 0) is 13.0 Å². The van der Waals surface area contributed by atoms with Crippen LogP contribution in [0.25, 0.3) is 0 Å². The topological polar surface area (TPSA) is 74.2 Å². The number of hydrogen-bond acceptors (Lipinski definition) is 4. The predicted molar refractivity (Wildman–Crippen MR) is 87.7 cm³/mol. The average Bonchev–Trinajstić information content (AvgIpc) is 3.25. The van der Waals surface area contributed by atoms with Crippen molar-refractivity contribution in [2.45, 2.75) is 38.8 Å². The first-order valence-corrected chi connectivity index (χ1v) is 7.88. The van der Waals surface area contributed by atoms with Gasteiger partial charge < -0.3 is 14.6 Å². The second-order valence-corrected chi connectivity index (χ2v) is 6.06. The van der Waals surface area contributed by atoms with Gasteiger partial charge in [-0.2, -0.15) is 5.10 Å². The van der Waals surface area contributed by atoms with Crippen molar-refractivity contribution in [3.05, 3.63) is 40.6 Å².